The largest absolute Gasteiger partial charge is 0.497 e. The topological polar surface area (TPSA) is 66.0 Å². The van der Waals surface area contributed by atoms with Gasteiger partial charge in [-0.3, -0.25) is 0 Å². The van der Waals surface area contributed by atoms with Crippen LogP contribution in [-0.2, 0) is 0 Å². The number of hydrogen-bond donors (Lipinski definition) is 1. The van der Waals surface area contributed by atoms with Crippen molar-refractivity contribution in [1.82, 2.24) is 14.5 Å². The van der Waals surface area contributed by atoms with E-state index in [2.05, 4.69) is 15.6 Å². The average molecular weight is 300 g/mol. The summed E-state index contributed by atoms with van der Waals surface area (Å²) in [7, 11) is 1.67. The Labute approximate surface area is 126 Å². The molecule has 2 N–H and O–H groups in total. The zero-order valence-electron chi connectivity index (χ0n) is 12.0. The molecule has 1 aromatic carbocycles. The summed E-state index contributed by atoms with van der Waals surface area (Å²) in [6.45, 7) is 1.99. The SMILES string of the molecule is COc1ccc2c(c1)nc(-c1sc(N)nc1C)n2C1CC1. The molecule has 0 spiro atoms. The third-order valence-electron chi connectivity index (χ3n) is 3.82. The lowest BCUT2D eigenvalue weighted by atomic mass is 10.3. The van der Waals surface area contributed by atoms with Crippen molar-refractivity contribution in [2.45, 2.75) is 25.8 Å². The van der Waals surface area contributed by atoms with Crippen LogP contribution >= 0.6 is 11.3 Å². The molecule has 1 fully saturated rings. The first-order valence-electron chi connectivity index (χ1n) is 6.96. The molecule has 1 aliphatic carbocycles. The molecule has 2 aromatic heterocycles. The van der Waals surface area contributed by atoms with Gasteiger partial charge < -0.3 is 15.0 Å². The quantitative estimate of drug-likeness (QED) is 0.805. The molecule has 2 heterocycles. The Bertz CT molecular complexity index is 832. The number of aryl methyl sites for hydroxylation is 1. The van der Waals surface area contributed by atoms with E-state index < -0.39 is 0 Å². The van der Waals surface area contributed by atoms with Crippen molar-refractivity contribution in [3.05, 3.63) is 23.9 Å². The summed E-state index contributed by atoms with van der Waals surface area (Å²) in [6.07, 6.45) is 2.41. The number of nitrogens with zero attached hydrogens (tertiary/aromatic N) is 3. The summed E-state index contributed by atoms with van der Waals surface area (Å²) in [5.41, 5.74) is 8.91. The smallest absolute Gasteiger partial charge is 0.180 e. The lowest BCUT2D eigenvalue weighted by Gasteiger charge is -2.06. The molecule has 4 rings (SSSR count). The number of imidazole rings is 1. The molecule has 0 atom stereocenters. The van der Waals surface area contributed by atoms with Crippen LogP contribution in [0.15, 0.2) is 18.2 Å². The van der Waals surface area contributed by atoms with Crippen molar-refractivity contribution < 1.29 is 4.74 Å². The van der Waals surface area contributed by atoms with Gasteiger partial charge in [0.25, 0.3) is 0 Å². The van der Waals surface area contributed by atoms with Gasteiger partial charge in [0.1, 0.15) is 5.75 Å². The van der Waals surface area contributed by atoms with E-state index in [0.717, 1.165) is 33.2 Å². The second-order valence-corrected chi connectivity index (χ2v) is 6.39. The van der Waals surface area contributed by atoms with Gasteiger partial charge in [0.2, 0.25) is 0 Å². The van der Waals surface area contributed by atoms with Gasteiger partial charge in [-0.05, 0) is 31.9 Å². The van der Waals surface area contributed by atoms with Gasteiger partial charge in [0.05, 0.1) is 28.7 Å². The number of anilines is 1. The van der Waals surface area contributed by atoms with Gasteiger partial charge in [-0.25, -0.2) is 9.97 Å². The number of rotatable bonds is 3. The van der Waals surface area contributed by atoms with Crippen molar-refractivity contribution in [3.63, 3.8) is 0 Å². The Kier molecular flexibility index (Phi) is 2.68. The number of nitrogen functional groups attached to an aromatic ring is 1. The maximum Gasteiger partial charge on any atom is 0.180 e. The Hall–Kier alpha value is -2.08. The minimum Gasteiger partial charge on any atom is -0.497 e. The van der Waals surface area contributed by atoms with Gasteiger partial charge >= 0.3 is 0 Å². The van der Waals surface area contributed by atoms with Crippen LogP contribution in [-0.4, -0.2) is 21.6 Å². The van der Waals surface area contributed by atoms with Crippen molar-refractivity contribution in [3.8, 4) is 16.5 Å². The number of benzene rings is 1. The highest BCUT2D eigenvalue weighted by Crippen LogP contribution is 2.43. The first-order valence-corrected chi connectivity index (χ1v) is 7.78. The number of fused-ring (bicyclic) bond motifs is 1. The predicted molar refractivity (Wildman–Crippen MR) is 84.8 cm³/mol. The summed E-state index contributed by atoms with van der Waals surface area (Å²) < 4.78 is 7.63. The Balaban J connectivity index is 1.99. The highest BCUT2D eigenvalue weighted by atomic mass is 32.1. The molecule has 21 heavy (non-hydrogen) atoms. The van der Waals surface area contributed by atoms with E-state index in [0.29, 0.717) is 11.2 Å². The number of nitrogens with two attached hydrogens (primary N) is 1. The van der Waals surface area contributed by atoms with Gasteiger partial charge in [-0.2, -0.15) is 0 Å². The highest BCUT2D eigenvalue weighted by Gasteiger charge is 2.30. The molecule has 1 aliphatic rings. The standard InChI is InChI=1S/C15H16N4OS/c1-8-13(21-15(16)17-8)14-18-11-7-10(20-2)5-6-12(11)19(14)9-3-4-9/h5-7,9H,3-4H2,1-2H3,(H2,16,17). The number of hydrogen-bond acceptors (Lipinski definition) is 5. The van der Waals surface area contributed by atoms with E-state index in [1.54, 1.807) is 7.11 Å². The minimum absolute atomic E-state index is 0.543. The maximum absolute atomic E-state index is 5.85. The molecule has 108 valence electrons. The summed E-state index contributed by atoms with van der Waals surface area (Å²) in [4.78, 5) is 10.2. The van der Waals surface area contributed by atoms with Gasteiger partial charge in [0, 0.05) is 12.1 Å². The first-order chi connectivity index (χ1) is 10.2. The Morgan fingerprint density at radius 3 is 2.76 bits per heavy atom. The van der Waals surface area contributed by atoms with Crippen LogP contribution in [0.4, 0.5) is 5.13 Å². The lowest BCUT2D eigenvalue weighted by molar-refractivity contribution is 0.415. The van der Waals surface area contributed by atoms with Crippen LogP contribution in [0.3, 0.4) is 0 Å². The van der Waals surface area contributed by atoms with Crippen molar-refractivity contribution in [2.75, 3.05) is 12.8 Å². The fraction of sp³-hybridized carbons (Fsp3) is 0.333. The number of thiazole rings is 1. The number of ether oxygens (including phenoxy) is 1. The van der Waals surface area contributed by atoms with Crippen LogP contribution in [0.2, 0.25) is 0 Å². The monoisotopic (exact) mass is 300 g/mol. The van der Waals surface area contributed by atoms with Crippen LogP contribution in [0, 0.1) is 6.92 Å². The molecule has 1 saturated carbocycles. The maximum atomic E-state index is 5.85. The van der Waals surface area contributed by atoms with Gasteiger partial charge in [-0.1, -0.05) is 11.3 Å². The van der Waals surface area contributed by atoms with E-state index in [1.807, 2.05) is 19.1 Å². The first kappa shape index (κ1) is 12.6. The summed E-state index contributed by atoms with van der Waals surface area (Å²) >= 11 is 1.50. The fourth-order valence-electron chi connectivity index (χ4n) is 2.69. The average Bonchev–Trinajstić information content (AvgIpc) is 3.15. The number of aromatic nitrogens is 3. The fourth-order valence-corrected chi connectivity index (χ4v) is 3.51. The van der Waals surface area contributed by atoms with E-state index in [4.69, 9.17) is 15.5 Å². The second kappa shape index (κ2) is 4.46. The molecular formula is C15H16N4OS. The van der Waals surface area contributed by atoms with E-state index >= 15 is 0 Å². The molecule has 0 unspecified atom stereocenters. The molecule has 0 saturated heterocycles. The summed E-state index contributed by atoms with van der Waals surface area (Å²) in [6, 6.07) is 6.60. The minimum atomic E-state index is 0.543. The molecule has 0 radical (unpaired) electrons. The highest BCUT2D eigenvalue weighted by molar-refractivity contribution is 7.18. The van der Waals surface area contributed by atoms with Crippen LogP contribution in [0.25, 0.3) is 21.7 Å². The van der Waals surface area contributed by atoms with E-state index in [1.165, 1.54) is 24.2 Å². The Morgan fingerprint density at radius 1 is 1.33 bits per heavy atom. The summed E-state index contributed by atoms with van der Waals surface area (Å²) in [5.74, 6) is 1.81. The number of methoxy groups -OCH3 is 1. The Morgan fingerprint density at radius 2 is 2.14 bits per heavy atom. The van der Waals surface area contributed by atoms with Crippen molar-refractivity contribution >= 4 is 27.5 Å². The van der Waals surface area contributed by atoms with Gasteiger partial charge in [-0.15, -0.1) is 0 Å². The second-order valence-electron chi connectivity index (χ2n) is 5.36. The molecular weight excluding hydrogens is 284 g/mol. The van der Waals surface area contributed by atoms with Gasteiger partial charge in [0.15, 0.2) is 11.0 Å². The third kappa shape index (κ3) is 1.98. The molecule has 0 amide bonds. The molecule has 0 bridgehead atoms. The van der Waals surface area contributed by atoms with Crippen molar-refractivity contribution in [2.24, 2.45) is 0 Å². The van der Waals surface area contributed by atoms with Crippen LogP contribution in [0.1, 0.15) is 24.6 Å². The normalized spacial score (nSPS) is 14.8. The molecule has 3 aromatic rings. The van der Waals surface area contributed by atoms with E-state index in [-0.39, 0.29) is 0 Å². The third-order valence-corrected chi connectivity index (χ3v) is 4.81. The van der Waals surface area contributed by atoms with Crippen LogP contribution in [0.5, 0.6) is 5.75 Å². The van der Waals surface area contributed by atoms with Crippen molar-refractivity contribution in [1.29, 1.82) is 0 Å². The summed E-state index contributed by atoms with van der Waals surface area (Å²) in [5, 5.41) is 0.592. The van der Waals surface area contributed by atoms with Crippen LogP contribution < -0.4 is 10.5 Å². The molecule has 6 heteroatoms. The molecule has 0 aliphatic heterocycles. The predicted octanol–water partition coefficient (Wildman–Crippen LogP) is 3.39. The van der Waals surface area contributed by atoms with E-state index in [9.17, 15) is 0 Å². The zero-order chi connectivity index (χ0) is 14.6. The zero-order valence-corrected chi connectivity index (χ0v) is 12.8. The lowest BCUT2D eigenvalue weighted by Crippen LogP contribution is -1.97. The molecule has 5 nitrogen and oxygen atoms in total.